The van der Waals surface area contributed by atoms with Gasteiger partial charge in [-0.25, -0.2) is 15.2 Å². The van der Waals surface area contributed by atoms with Crippen LogP contribution in [0.2, 0.25) is 0 Å². The number of nitrogens with zero attached hydrogens (tertiary/aromatic N) is 3. The van der Waals surface area contributed by atoms with E-state index in [4.69, 9.17) is 10.1 Å². The fourth-order valence-electron chi connectivity index (χ4n) is 4.11. The second kappa shape index (κ2) is 7.09. The molecular formula is C20H21N5O3S. The van der Waals surface area contributed by atoms with E-state index in [9.17, 15) is 9.59 Å². The molecule has 150 valence electrons. The van der Waals surface area contributed by atoms with Crippen LogP contribution in [-0.2, 0) is 16.1 Å². The van der Waals surface area contributed by atoms with Gasteiger partial charge in [0, 0.05) is 19.7 Å². The molecule has 0 radical (unpaired) electrons. The summed E-state index contributed by atoms with van der Waals surface area (Å²) in [7, 11) is 3.45. The van der Waals surface area contributed by atoms with Gasteiger partial charge < -0.3 is 5.11 Å². The normalized spacial score (nSPS) is 26.0. The number of likely N-dealkylation sites (N-methyl/N-ethyl adjacent to an activating group) is 2. The molecule has 2 aliphatic rings. The Labute approximate surface area is 172 Å². The molecule has 3 N–H and O–H groups in total. The monoisotopic (exact) mass is 411 g/mol. The Balaban J connectivity index is 1.99. The number of hydrogen-bond donors (Lipinski definition) is 3. The summed E-state index contributed by atoms with van der Waals surface area (Å²) in [6.45, 7) is 0. The predicted octanol–water partition coefficient (Wildman–Crippen LogP) is 1.97. The molecule has 8 nitrogen and oxygen atoms in total. The van der Waals surface area contributed by atoms with Gasteiger partial charge in [-0.15, -0.1) is 0 Å². The number of urea groups is 1. The molecule has 2 atom stereocenters. The molecule has 2 aromatic carbocycles. The minimum absolute atomic E-state index is 0.149. The number of aliphatic imine (C=N–C) groups is 1. The summed E-state index contributed by atoms with van der Waals surface area (Å²) in [5.41, 5.74) is 5.80. The quantitative estimate of drug-likeness (QED) is 0.712. The molecular weight excluding hydrogens is 390 g/mol. The Morgan fingerprint density at radius 1 is 1.03 bits per heavy atom. The minimum atomic E-state index is -1.15. The highest BCUT2D eigenvalue weighted by Gasteiger charge is 2.69. The average Bonchev–Trinajstić information content (AvgIpc) is 2.93. The van der Waals surface area contributed by atoms with Crippen LogP contribution in [0.1, 0.15) is 11.1 Å². The highest BCUT2D eigenvalue weighted by Crippen LogP contribution is 2.53. The Morgan fingerprint density at radius 3 is 2.21 bits per heavy atom. The van der Waals surface area contributed by atoms with Crippen molar-refractivity contribution in [2.75, 3.05) is 19.8 Å². The van der Waals surface area contributed by atoms with Crippen LogP contribution < -0.4 is 10.9 Å². The first kappa shape index (κ1) is 19.3. The third-order valence-corrected chi connectivity index (χ3v) is 6.24. The summed E-state index contributed by atoms with van der Waals surface area (Å²) >= 11 is 1.07. The van der Waals surface area contributed by atoms with Gasteiger partial charge in [0.1, 0.15) is 0 Å². The Morgan fingerprint density at radius 2 is 1.62 bits per heavy atom. The fourth-order valence-corrected chi connectivity index (χ4v) is 4.69. The highest BCUT2D eigenvalue weighted by molar-refractivity contribution is 8.14. The van der Waals surface area contributed by atoms with Gasteiger partial charge in [0.05, 0.1) is 5.75 Å². The lowest BCUT2D eigenvalue weighted by Gasteiger charge is -2.50. The Hall–Kier alpha value is -3.04. The zero-order chi connectivity index (χ0) is 20.6. The number of benzene rings is 2. The number of nitrogens with one attached hydrogen (secondary N) is 2. The molecule has 0 saturated carbocycles. The molecule has 2 unspecified atom stereocenters. The molecule has 2 aromatic rings. The fraction of sp³-hybridized carbons (Fsp3) is 0.250. The lowest BCUT2D eigenvalue weighted by atomic mass is 9.80. The van der Waals surface area contributed by atoms with Gasteiger partial charge in [0.2, 0.25) is 5.66 Å². The number of hydrazine groups is 1. The van der Waals surface area contributed by atoms with Crippen LogP contribution in [0.15, 0.2) is 65.7 Å². The number of amidine groups is 1. The number of hydrogen-bond acceptors (Lipinski definition) is 6. The topological polar surface area (TPSA) is 97.3 Å². The maximum absolute atomic E-state index is 13.2. The van der Waals surface area contributed by atoms with Crippen LogP contribution in [-0.4, -0.2) is 51.9 Å². The van der Waals surface area contributed by atoms with Crippen LogP contribution >= 0.6 is 11.8 Å². The third kappa shape index (κ3) is 2.69. The summed E-state index contributed by atoms with van der Waals surface area (Å²) in [6, 6.07) is 19.0. The molecule has 1 saturated heterocycles. The number of carboxylic acid groups (broad SMARTS) is 1. The van der Waals surface area contributed by atoms with Crippen LogP contribution in [0.5, 0.6) is 0 Å². The molecule has 0 bridgehead atoms. The first-order valence-corrected chi connectivity index (χ1v) is 10.0. The van der Waals surface area contributed by atoms with E-state index in [2.05, 4.69) is 10.9 Å². The van der Waals surface area contributed by atoms with Crippen molar-refractivity contribution in [2.45, 2.75) is 11.3 Å². The van der Waals surface area contributed by atoms with E-state index in [1.807, 2.05) is 60.7 Å². The van der Waals surface area contributed by atoms with Crippen molar-refractivity contribution < 1.29 is 14.7 Å². The van der Waals surface area contributed by atoms with Gasteiger partial charge >= 0.3 is 12.0 Å². The summed E-state index contributed by atoms with van der Waals surface area (Å²) < 4.78 is 0. The first-order valence-electron chi connectivity index (χ1n) is 9.04. The lowest BCUT2D eigenvalue weighted by Crippen LogP contribution is -2.70. The molecule has 2 aliphatic heterocycles. The standard InChI is InChI=1S/C20H21N5O3S/c1-24-18(28)25(2)20(15-11-7-4-8-12-15)19(24,14-9-5-3-6-10-14)21-17(22-23-20)29-13-16(26)27/h3-12,23H,13H2,1-2H3,(H,21,22)(H,26,27). The molecule has 1 fully saturated rings. The molecule has 2 amide bonds. The van der Waals surface area contributed by atoms with Gasteiger partial charge in [-0.3, -0.25) is 20.0 Å². The number of thioether (sulfide) groups is 1. The number of rotatable bonds is 4. The summed E-state index contributed by atoms with van der Waals surface area (Å²) in [6.07, 6.45) is 0. The third-order valence-electron chi connectivity index (χ3n) is 5.38. The number of carbonyl (C=O) groups is 2. The van der Waals surface area contributed by atoms with E-state index in [1.54, 1.807) is 23.9 Å². The maximum atomic E-state index is 13.2. The molecule has 0 spiro atoms. The minimum Gasteiger partial charge on any atom is -0.481 e. The van der Waals surface area contributed by atoms with E-state index in [0.717, 1.165) is 22.9 Å². The SMILES string of the molecule is CN1C(=O)N(C)C2(c3ccccc3)NNC(SCC(=O)O)=NC12c1ccccc1. The zero-order valence-electron chi connectivity index (χ0n) is 16.0. The number of carboxylic acids is 1. The summed E-state index contributed by atoms with van der Waals surface area (Å²) in [4.78, 5) is 32.5. The van der Waals surface area contributed by atoms with Gasteiger partial charge in [-0.05, 0) is 5.56 Å². The van der Waals surface area contributed by atoms with Crippen molar-refractivity contribution >= 4 is 28.9 Å². The van der Waals surface area contributed by atoms with Crippen molar-refractivity contribution in [1.29, 1.82) is 0 Å². The van der Waals surface area contributed by atoms with E-state index in [1.165, 1.54) is 0 Å². The van der Waals surface area contributed by atoms with Crippen LogP contribution in [0.25, 0.3) is 0 Å². The van der Waals surface area contributed by atoms with Crippen LogP contribution in [0, 0.1) is 0 Å². The van der Waals surface area contributed by atoms with E-state index < -0.39 is 17.3 Å². The number of carbonyl (C=O) groups excluding carboxylic acids is 1. The Kier molecular flexibility index (Phi) is 4.71. The number of amides is 2. The summed E-state index contributed by atoms with van der Waals surface area (Å²) in [5.74, 6) is -1.09. The molecule has 4 rings (SSSR count). The maximum Gasteiger partial charge on any atom is 0.323 e. The van der Waals surface area contributed by atoms with Gasteiger partial charge in [0.25, 0.3) is 0 Å². The number of aliphatic carboxylic acids is 1. The van der Waals surface area contributed by atoms with Gasteiger partial charge in [-0.1, -0.05) is 72.4 Å². The second-order valence-corrected chi connectivity index (χ2v) is 7.83. The summed E-state index contributed by atoms with van der Waals surface area (Å²) in [5, 5.41) is 9.48. The molecule has 0 aromatic heterocycles. The number of fused-ring (bicyclic) bond motifs is 1. The molecule has 2 heterocycles. The largest absolute Gasteiger partial charge is 0.481 e. The van der Waals surface area contributed by atoms with Crippen molar-refractivity contribution in [3.8, 4) is 0 Å². The van der Waals surface area contributed by atoms with Crippen molar-refractivity contribution in [1.82, 2.24) is 20.7 Å². The Bertz CT molecular complexity index is 971. The van der Waals surface area contributed by atoms with E-state index in [0.29, 0.717) is 5.17 Å². The van der Waals surface area contributed by atoms with Crippen LogP contribution in [0.4, 0.5) is 4.79 Å². The van der Waals surface area contributed by atoms with Gasteiger partial charge in [-0.2, -0.15) is 0 Å². The zero-order valence-corrected chi connectivity index (χ0v) is 16.8. The average molecular weight is 411 g/mol. The second-order valence-electron chi connectivity index (χ2n) is 6.86. The smallest absolute Gasteiger partial charge is 0.323 e. The molecule has 29 heavy (non-hydrogen) atoms. The van der Waals surface area contributed by atoms with Gasteiger partial charge in [0.15, 0.2) is 10.8 Å². The predicted molar refractivity (Wildman–Crippen MR) is 111 cm³/mol. The van der Waals surface area contributed by atoms with Crippen molar-refractivity contribution in [3.05, 3.63) is 71.8 Å². The highest BCUT2D eigenvalue weighted by atomic mass is 32.2. The molecule has 0 aliphatic carbocycles. The van der Waals surface area contributed by atoms with Crippen molar-refractivity contribution in [3.63, 3.8) is 0 Å². The van der Waals surface area contributed by atoms with Crippen LogP contribution in [0.3, 0.4) is 0 Å². The van der Waals surface area contributed by atoms with E-state index in [-0.39, 0.29) is 11.8 Å². The molecule has 9 heteroatoms. The first-order chi connectivity index (χ1) is 13.9. The lowest BCUT2D eigenvalue weighted by molar-refractivity contribution is -0.133. The van der Waals surface area contributed by atoms with Crippen molar-refractivity contribution in [2.24, 2.45) is 4.99 Å². The van der Waals surface area contributed by atoms with E-state index >= 15 is 0 Å².